The second kappa shape index (κ2) is 13.2. The van der Waals surface area contributed by atoms with Gasteiger partial charge in [-0.15, -0.1) is 0 Å². The molecule has 2 aliphatic rings. The maximum absolute atomic E-state index is 13.4. The summed E-state index contributed by atoms with van der Waals surface area (Å²) in [7, 11) is 1.53. The van der Waals surface area contributed by atoms with Crippen molar-refractivity contribution >= 4 is 28.6 Å². The molecule has 0 unspecified atom stereocenters. The third-order valence-electron chi connectivity index (χ3n) is 7.93. The topological polar surface area (TPSA) is 124 Å². The summed E-state index contributed by atoms with van der Waals surface area (Å²) in [6, 6.07) is 19.9. The fourth-order valence-electron chi connectivity index (χ4n) is 5.62. The Morgan fingerprint density at radius 2 is 1.95 bits per heavy atom. The standard InChI is InChI=1S/C33H35N5O6/c1-42-26-15-24-16-27(17-26)44-25-8-4-6-22(14-25)21-43-30-11-13-37(19-28(30)36-31(39)10-5-12-34-33(24)41)32(40)20-38-29-9-3-2-7-23(29)18-35-38/h2-4,6-9,14-18,28,30H,5,10-13,19-21H2,1H3,(H,34,41)(H,36,39)/t28-,30-/m0/s1. The van der Waals surface area contributed by atoms with E-state index in [2.05, 4.69) is 15.7 Å². The number of carbonyl (C=O) groups is 3. The van der Waals surface area contributed by atoms with Crippen molar-refractivity contribution in [3.05, 3.63) is 84.1 Å². The molecule has 228 valence electrons. The zero-order valence-corrected chi connectivity index (χ0v) is 24.5. The summed E-state index contributed by atoms with van der Waals surface area (Å²) in [5, 5.41) is 11.3. The van der Waals surface area contributed by atoms with E-state index < -0.39 is 6.04 Å². The predicted molar refractivity (Wildman–Crippen MR) is 163 cm³/mol. The summed E-state index contributed by atoms with van der Waals surface area (Å²) in [5.74, 6) is 1.03. The monoisotopic (exact) mass is 597 g/mol. The molecule has 1 aromatic heterocycles. The number of piperidine rings is 1. The first kappa shape index (κ1) is 29.2. The van der Waals surface area contributed by atoms with Crippen molar-refractivity contribution in [2.24, 2.45) is 0 Å². The van der Waals surface area contributed by atoms with Gasteiger partial charge in [0.25, 0.3) is 5.91 Å². The Morgan fingerprint density at radius 1 is 1.07 bits per heavy atom. The van der Waals surface area contributed by atoms with E-state index in [0.717, 1.165) is 16.5 Å². The summed E-state index contributed by atoms with van der Waals surface area (Å²) in [5.41, 5.74) is 2.18. The van der Waals surface area contributed by atoms with Crippen molar-refractivity contribution in [3.63, 3.8) is 0 Å². The lowest BCUT2D eigenvalue weighted by Crippen LogP contribution is -2.57. The number of nitrogens with zero attached hydrogens (tertiary/aromatic N) is 3. The number of hydrogen-bond donors (Lipinski definition) is 2. The first-order valence-electron chi connectivity index (χ1n) is 14.8. The highest BCUT2D eigenvalue weighted by Crippen LogP contribution is 2.29. The van der Waals surface area contributed by atoms with Crippen LogP contribution in [-0.4, -0.2) is 71.3 Å². The Labute approximate surface area is 255 Å². The molecule has 2 N–H and O–H groups in total. The molecule has 2 atom stereocenters. The zero-order chi connectivity index (χ0) is 30.5. The van der Waals surface area contributed by atoms with Crippen molar-refractivity contribution < 1.29 is 28.6 Å². The van der Waals surface area contributed by atoms with Gasteiger partial charge in [-0.3, -0.25) is 19.1 Å². The molecule has 0 aliphatic carbocycles. The second-order valence-corrected chi connectivity index (χ2v) is 11.0. The van der Waals surface area contributed by atoms with E-state index in [9.17, 15) is 14.4 Å². The van der Waals surface area contributed by atoms with Crippen molar-refractivity contribution in [2.75, 3.05) is 26.7 Å². The number of carbonyl (C=O) groups excluding carboxylic acids is 3. The van der Waals surface area contributed by atoms with E-state index >= 15 is 0 Å². The molecule has 44 heavy (non-hydrogen) atoms. The molecule has 11 heteroatoms. The van der Waals surface area contributed by atoms with Gasteiger partial charge < -0.3 is 29.7 Å². The molecular formula is C33H35N5O6. The van der Waals surface area contributed by atoms with Crippen LogP contribution in [0.5, 0.6) is 17.2 Å². The fraction of sp³-hybridized carbons (Fsp3) is 0.333. The Bertz CT molecular complexity index is 1670. The summed E-state index contributed by atoms with van der Waals surface area (Å²) >= 11 is 0. The van der Waals surface area contributed by atoms with Crippen molar-refractivity contribution in [1.29, 1.82) is 0 Å². The van der Waals surface area contributed by atoms with Crippen LogP contribution in [0.4, 0.5) is 0 Å². The van der Waals surface area contributed by atoms with Gasteiger partial charge in [0.1, 0.15) is 23.8 Å². The Hall–Kier alpha value is -4.90. The van der Waals surface area contributed by atoms with Gasteiger partial charge in [0.05, 0.1) is 37.6 Å². The maximum atomic E-state index is 13.4. The van der Waals surface area contributed by atoms with Gasteiger partial charge in [-0.1, -0.05) is 30.3 Å². The number of amides is 3. The minimum Gasteiger partial charge on any atom is -0.497 e. The molecule has 0 saturated carbocycles. The number of fused-ring (bicyclic) bond motifs is 6. The van der Waals surface area contributed by atoms with E-state index in [1.165, 1.54) is 7.11 Å². The van der Waals surface area contributed by atoms with Crippen molar-refractivity contribution in [1.82, 2.24) is 25.3 Å². The quantitative estimate of drug-likeness (QED) is 0.369. The average molecular weight is 598 g/mol. The molecule has 6 rings (SSSR count). The van der Waals surface area contributed by atoms with Crippen LogP contribution in [0.25, 0.3) is 10.9 Å². The lowest BCUT2D eigenvalue weighted by atomic mass is 10.0. The van der Waals surface area contributed by atoms with Crippen LogP contribution < -0.4 is 20.1 Å². The van der Waals surface area contributed by atoms with Crippen LogP contribution in [0.15, 0.2) is 72.9 Å². The minimum atomic E-state index is -0.394. The number of likely N-dealkylation sites (tertiary alicyclic amines) is 1. The molecular weight excluding hydrogens is 562 g/mol. The minimum absolute atomic E-state index is 0.0709. The summed E-state index contributed by atoms with van der Waals surface area (Å²) in [6.07, 6.45) is 2.69. The number of ether oxygens (including phenoxy) is 3. The van der Waals surface area contributed by atoms with Crippen LogP contribution in [0, 0.1) is 0 Å². The van der Waals surface area contributed by atoms with Crippen molar-refractivity contribution in [2.45, 2.75) is 44.6 Å². The SMILES string of the molecule is COc1cc2cc(c1)C(=O)NCCCC(=O)N[C@H]1CN(C(=O)Cn3ncc4ccccc43)CC[C@@H]1OCc1cccc(c1)O2. The Kier molecular flexibility index (Phi) is 8.74. The highest BCUT2D eigenvalue weighted by atomic mass is 16.5. The normalized spacial score (nSPS) is 19.5. The predicted octanol–water partition coefficient (Wildman–Crippen LogP) is 3.66. The number of methoxy groups -OCH3 is 1. The van der Waals surface area contributed by atoms with Gasteiger partial charge in [-0.25, -0.2) is 0 Å². The van der Waals surface area contributed by atoms with Crippen LogP contribution in [0.3, 0.4) is 0 Å². The molecule has 3 heterocycles. The first-order chi connectivity index (χ1) is 21.4. The highest BCUT2D eigenvalue weighted by molar-refractivity contribution is 5.95. The second-order valence-electron chi connectivity index (χ2n) is 11.0. The lowest BCUT2D eigenvalue weighted by molar-refractivity contribution is -0.138. The Balaban J connectivity index is 1.19. The molecule has 11 nitrogen and oxygen atoms in total. The largest absolute Gasteiger partial charge is 0.497 e. The summed E-state index contributed by atoms with van der Waals surface area (Å²) < 4.78 is 19.5. The average Bonchev–Trinajstić information content (AvgIpc) is 3.44. The molecule has 2 aliphatic heterocycles. The van der Waals surface area contributed by atoms with Gasteiger partial charge >= 0.3 is 0 Å². The van der Waals surface area contributed by atoms with Gasteiger partial charge in [0.2, 0.25) is 11.8 Å². The van der Waals surface area contributed by atoms with E-state index in [-0.39, 0.29) is 36.8 Å². The number of nitrogens with one attached hydrogen (secondary N) is 2. The molecule has 4 aromatic rings. The first-order valence-corrected chi connectivity index (χ1v) is 14.8. The third-order valence-corrected chi connectivity index (χ3v) is 7.93. The molecule has 1 fully saturated rings. The molecule has 0 spiro atoms. The Morgan fingerprint density at radius 3 is 2.84 bits per heavy atom. The molecule has 1 saturated heterocycles. The van der Waals surface area contributed by atoms with E-state index in [1.807, 2.05) is 48.5 Å². The molecule has 4 bridgehead atoms. The third kappa shape index (κ3) is 6.84. The van der Waals surface area contributed by atoms with Gasteiger partial charge in [0, 0.05) is 43.1 Å². The van der Waals surface area contributed by atoms with Crippen LogP contribution in [-0.2, 0) is 27.5 Å². The fourth-order valence-corrected chi connectivity index (χ4v) is 5.62. The summed E-state index contributed by atoms with van der Waals surface area (Å²) in [4.78, 5) is 41.1. The van der Waals surface area contributed by atoms with Gasteiger partial charge in [-0.05, 0) is 48.7 Å². The lowest BCUT2D eigenvalue weighted by Gasteiger charge is -2.39. The van der Waals surface area contributed by atoms with E-state index in [4.69, 9.17) is 14.2 Å². The van der Waals surface area contributed by atoms with Gasteiger partial charge in [0.15, 0.2) is 0 Å². The number of aromatic nitrogens is 2. The van der Waals surface area contributed by atoms with Crippen LogP contribution in [0.1, 0.15) is 35.2 Å². The maximum Gasteiger partial charge on any atom is 0.251 e. The zero-order valence-electron chi connectivity index (χ0n) is 24.5. The van der Waals surface area contributed by atoms with E-state index in [1.54, 1.807) is 34.0 Å². The van der Waals surface area contributed by atoms with Crippen LogP contribution >= 0.6 is 0 Å². The molecule has 0 radical (unpaired) electrons. The number of benzene rings is 3. The molecule has 3 aromatic carbocycles. The molecule has 3 amide bonds. The number of rotatable bonds is 3. The number of hydrogen-bond acceptors (Lipinski definition) is 7. The van der Waals surface area contributed by atoms with Crippen LogP contribution in [0.2, 0.25) is 0 Å². The van der Waals surface area contributed by atoms with Gasteiger partial charge in [-0.2, -0.15) is 5.10 Å². The van der Waals surface area contributed by atoms with Crippen molar-refractivity contribution in [3.8, 4) is 17.2 Å². The summed E-state index contributed by atoms with van der Waals surface area (Å²) in [6.45, 7) is 1.55. The smallest absolute Gasteiger partial charge is 0.251 e. The highest BCUT2D eigenvalue weighted by Gasteiger charge is 2.33. The van der Waals surface area contributed by atoms with E-state index in [0.29, 0.717) is 61.9 Å². The number of para-hydroxylation sites is 1.